The van der Waals surface area contributed by atoms with Crippen LogP contribution >= 0.6 is 0 Å². The van der Waals surface area contributed by atoms with Gasteiger partial charge in [-0.05, 0) is 11.5 Å². The molecule has 1 heterocycles. The molecule has 0 bridgehead atoms. The van der Waals surface area contributed by atoms with Gasteiger partial charge < -0.3 is 5.11 Å². The van der Waals surface area contributed by atoms with Crippen LogP contribution in [-0.4, -0.2) is 16.2 Å². The number of rotatable bonds is 1. The molecule has 0 fully saturated rings. The molecule has 1 amide bonds. The monoisotopic (exact) mass is 188 g/mol. The molecular weight excluding hydrogens is 180 g/mol. The summed E-state index contributed by atoms with van der Waals surface area (Å²) < 4.78 is 0. The van der Waals surface area contributed by atoms with Crippen LogP contribution < -0.4 is 5.32 Å². The van der Waals surface area contributed by atoms with Gasteiger partial charge in [0, 0.05) is 11.6 Å². The van der Waals surface area contributed by atoms with E-state index in [2.05, 4.69) is 10.3 Å². The van der Waals surface area contributed by atoms with E-state index in [1.807, 2.05) is 30.3 Å². The first kappa shape index (κ1) is 8.50. The first-order valence-corrected chi connectivity index (χ1v) is 4.11. The molecule has 0 spiro atoms. The predicted molar refractivity (Wildman–Crippen MR) is 53.4 cm³/mol. The Bertz CT molecular complexity index is 477. The summed E-state index contributed by atoms with van der Waals surface area (Å²) >= 11 is 0. The number of aromatic nitrogens is 1. The fourth-order valence-electron chi connectivity index (χ4n) is 1.32. The molecule has 0 atom stereocenters. The summed E-state index contributed by atoms with van der Waals surface area (Å²) in [4.78, 5) is 14.4. The van der Waals surface area contributed by atoms with Gasteiger partial charge in [0.05, 0.1) is 0 Å². The molecule has 14 heavy (non-hydrogen) atoms. The highest BCUT2D eigenvalue weighted by molar-refractivity contribution is 5.97. The van der Waals surface area contributed by atoms with Crippen molar-refractivity contribution in [1.29, 1.82) is 0 Å². The number of carboxylic acid groups (broad SMARTS) is 1. The Hall–Kier alpha value is -2.10. The largest absolute Gasteiger partial charge is 0.465 e. The lowest BCUT2D eigenvalue weighted by Crippen LogP contribution is -2.08. The van der Waals surface area contributed by atoms with Crippen LogP contribution in [0.15, 0.2) is 36.5 Å². The lowest BCUT2D eigenvalue weighted by atomic mass is 10.2. The van der Waals surface area contributed by atoms with Crippen LogP contribution in [0.1, 0.15) is 0 Å². The number of pyridine rings is 1. The Morgan fingerprint density at radius 3 is 2.86 bits per heavy atom. The third-order valence-electron chi connectivity index (χ3n) is 1.90. The molecule has 0 radical (unpaired) electrons. The van der Waals surface area contributed by atoms with Gasteiger partial charge in [0.25, 0.3) is 0 Å². The summed E-state index contributed by atoms with van der Waals surface area (Å²) in [5.41, 5.74) is 0. The number of amides is 1. The fourth-order valence-corrected chi connectivity index (χ4v) is 1.32. The molecule has 2 N–H and O–H groups in total. The minimum absolute atomic E-state index is 0.371. The van der Waals surface area contributed by atoms with Gasteiger partial charge in [-0.2, -0.15) is 0 Å². The zero-order valence-electron chi connectivity index (χ0n) is 7.27. The van der Waals surface area contributed by atoms with Crippen LogP contribution in [-0.2, 0) is 0 Å². The molecule has 0 aliphatic rings. The third kappa shape index (κ3) is 1.50. The maximum absolute atomic E-state index is 10.5. The molecule has 0 aliphatic heterocycles. The van der Waals surface area contributed by atoms with Crippen LogP contribution in [0.4, 0.5) is 10.6 Å². The first-order chi connectivity index (χ1) is 6.77. The Morgan fingerprint density at radius 1 is 1.29 bits per heavy atom. The van der Waals surface area contributed by atoms with E-state index in [1.165, 1.54) is 0 Å². The van der Waals surface area contributed by atoms with Crippen molar-refractivity contribution >= 4 is 22.7 Å². The molecule has 70 valence electrons. The second-order valence-corrected chi connectivity index (χ2v) is 2.81. The second kappa shape index (κ2) is 3.33. The van der Waals surface area contributed by atoms with Gasteiger partial charge in [-0.3, -0.25) is 5.32 Å². The van der Waals surface area contributed by atoms with Gasteiger partial charge >= 0.3 is 6.09 Å². The molecule has 4 heteroatoms. The van der Waals surface area contributed by atoms with Gasteiger partial charge in [0.1, 0.15) is 5.82 Å². The van der Waals surface area contributed by atoms with E-state index >= 15 is 0 Å². The minimum atomic E-state index is -1.10. The smallest absolute Gasteiger partial charge is 0.410 e. The normalized spacial score (nSPS) is 10.0. The maximum atomic E-state index is 10.5. The molecule has 0 saturated carbocycles. The highest BCUT2D eigenvalue weighted by atomic mass is 16.4. The predicted octanol–water partition coefficient (Wildman–Crippen LogP) is 2.32. The summed E-state index contributed by atoms with van der Waals surface area (Å²) in [5, 5.41) is 12.6. The van der Waals surface area contributed by atoms with Crippen LogP contribution in [0.5, 0.6) is 0 Å². The van der Waals surface area contributed by atoms with Crippen LogP contribution in [0.2, 0.25) is 0 Å². The van der Waals surface area contributed by atoms with Crippen LogP contribution in [0.3, 0.4) is 0 Å². The van der Waals surface area contributed by atoms with Crippen molar-refractivity contribution in [2.45, 2.75) is 0 Å². The average molecular weight is 188 g/mol. The van der Waals surface area contributed by atoms with Crippen molar-refractivity contribution < 1.29 is 9.90 Å². The third-order valence-corrected chi connectivity index (χ3v) is 1.90. The lowest BCUT2D eigenvalue weighted by molar-refractivity contribution is 0.209. The van der Waals surface area contributed by atoms with Crippen molar-refractivity contribution in [2.24, 2.45) is 0 Å². The van der Waals surface area contributed by atoms with E-state index in [-0.39, 0.29) is 0 Å². The van der Waals surface area contributed by atoms with Gasteiger partial charge in [-0.15, -0.1) is 0 Å². The molecule has 0 unspecified atom stereocenters. The van der Waals surface area contributed by atoms with E-state index in [4.69, 9.17) is 5.11 Å². The highest BCUT2D eigenvalue weighted by Gasteiger charge is 2.03. The van der Waals surface area contributed by atoms with E-state index in [0.717, 1.165) is 10.8 Å². The quantitative estimate of drug-likeness (QED) is 0.721. The maximum Gasteiger partial charge on any atom is 0.410 e. The topological polar surface area (TPSA) is 62.2 Å². The van der Waals surface area contributed by atoms with Crippen molar-refractivity contribution in [1.82, 2.24) is 4.98 Å². The van der Waals surface area contributed by atoms with Crippen molar-refractivity contribution in [3.63, 3.8) is 0 Å². The van der Waals surface area contributed by atoms with Crippen molar-refractivity contribution in [3.8, 4) is 0 Å². The molecular formula is C10H8N2O2. The number of nitrogens with zero attached hydrogens (tertiary/aromatic N) is 1. The molecule has 0 aliphatic carbocycles. The number of carbonyl (C=O) groups is 1. The van der Waals surface area contributed by atoms with E-state index in [0.29, 0.717) is 5.82 Å². The fraction of sp³-hybridized carbons (Fsp3) is 0. The van der Waals surface area contributed by atoms with Crippen molar-refractivity contribution in [3.05, 3.63) is 36.5 Å². The van der Waals surface area contributed by atoms with E-state index in [9.17, 15) is 4.79 Å². The Morgan fingerprint density at radius 2 is 2.07 bits per heavy atom. The zero-order valence-corrected chi connectivity index (χ0v) is 7.27. The van der Waals surface area contributed by atoms with Gasteiger partial charge in [0.15, 0.2) is 0 Å². The lowest BCUT2D eigenvalue weighted by Gasteiger charge is -2.03. The second-order valence-electron chi connectivity index (χ2n) is 2.81. The summed E-state index contributed by atoms with van der Waals surface area (Å²) in [7, 11) is 0. The number of anilines is 1. The summed E-state index contributed by atoms with van der Waals surface area (Å²) in [5.74, 6) is 0.371. The highest BCUT2D eigenvalue weighted by Crippen LogP contribution is 2.19. The minimum Gasteiger partial charge on any atom is -0.465 e. The number of benzene rings is 1. The van der Waals surface area contributed by atoms with Gasteiger partial charge in [-0.1, -0.05) is 24.3 Å². The van der Waals surface area contributed by atoms with Crippen LogP contribution in [0.25, 0.3) is 10.8 Å². The summed E-state index contributed by atoms with van der Waals surface area (Å²) in [6, 6.07) is 9.31. The SMILES string of the molecule is O=C(O)Nc1nccc2ccccc12. The number of fused-ring (bicyclic) bond motifs is 1. The van der Waals surface area contributed by atoms with E-state index < -0.39 is 6.09 Å². The molecule has 2 rings (SSSR count). The summed E-state index contributed by atoms with van der Waals surface area (Å²) in [6.07, 6.45) is 0.474. The van der Waals surface area contributed by atoms with Crippen molar-refractivity contribution in [2.75, 3.05) is 5.32 Å². The van der Waals surface area contributed by atoms with Gasteiger partial charge in [0.2, 0.25) is 0 Å². The van der Waals surface area contributed by atoms with Gasteiger partial charge in [-0.25, -0.2) is 9.78 Å². The zero-order chi connectivity index (χ0) is 9.97. The average Bonchev–Trinajstić information content (AvgIpc) is 2.18. The molecule has 1 aromatic carbocycles. The standard InChI is InChI=1S/C10H8N2O2/c13-10(14)12-9-8-4-2-1-3-7(8)5-6-11-9/h1-6H,(H,11,12)(H,13,14). The molecule has 2 aromatic rings. The van der Waals surface area contributed by atoms with E-state index in [1.54, 1.807) is 6.20 Å². The Labute approximate surface area is 80.2 Å². The molecule has 0 saturated heterocycles. The first-order valence-electron chi connectivity index (χ1n) is 4.11. The Balaban J connectivity index is 2.59. The molecule has 4 nitrogen and oxygen atoms in total. The van der Waals surface area contributed by atoms with Crippen LogP contribution in [0, 0.1) is 0 Å². The molecule has 1 aromatic heterocycles. The summed E-state index contributed by atoms with van der Waals surface area (Å²) in [6.45, 7) is 0. The number of hydrogen-bond donors (Lipinski definition) is 2. The Kier molecular flexibility index (Phi) is 2.02. The number of hydrogen-bond acceptors (Lipinski definition) is 2. The number of nitrogens with one attached hydrogen (secondary N) is 1.